The van der Waals surface area contributed by atoms with Gasteiger partial charge in [-0.05, 0) is 17.7 Å². The number of carbonyl (C=O) groups excluding carboxylic acids is 2. The van der Waals surface area contributed by atoms with E-state index in [2.05, 4.69) is 15.5 Å². The number of aliphatic hydroxyl groups is 1. The number of urea groups is 1. The van der Waals surface area contributed by atoms with Crippen LogP contribution >= 0.6 is 0 Å². The maximum absolute atomic E-state index is 12.3. The number of amides is 3. The lowest BCUT2D eigenvalue weighted by Gasteiger charge is -2.34. The zero-order chi connectivity index (χ0) is 18.8. The average Bonchev–Trinajstić information content (AvgIpc) is 2.69. The van der Waals surface area contributed by atoms with E-state index in [1.807, 2.05) is 12.1 Å². The van der Waals surface area contributed by atoms with Crippen LogP contribution in [0.4, 0.5) is 4.79 Å². The van der Waals surface area contributed by atoms with Gasteiger partial charge in [0.1, 0.15) is 0 Å². The first-order valence-electron chi connectivity index (χ1n) is 8.89. The molecule has 1 aromatic carbocycles. The van der Waals surface area contributed by atoms with Crippen LogP contribution in [-0.2, 0) is 11.3 Å². The molecular formula is C18H28N4O4. The van der Waals surface area contributed by atoms with E-state index in [9.17, 15) is 9.59 Å². The van der Waals surface area contributed by atoms with Gasteiger partial charge in [-0.2, -0.15) is 0 Å². The highest BCUT2D eigenvalue weighted by atomic mass is 16.5. The number of nitrogens with zero attached hydrogens (tertiary/aromatic N) is 2. The van der Waals surface area contributed by atoms with E-state index in [1.165, 1.54) is 0 Å². The van der Waals surface area contributed by atoms with Gasteiger partial charge >= 0.3 is 6.03 Å². The van der Waals surface area contributed by atoms with Crippen molar-refractivity contribution in [2.24, 2.45) is 0 Å². The fourth-order valence-electron chi connectivity index (χ4n) is 2.79. The van der Waals surface area contributed by atoms with Crippen molar-refractivity contribution in [2.75, 3.05) is 59.6 Å². The number of ether oxygens (including phenoxy) is 1. The standard InChI is InChI=1S/C18H28N4O4/c1-19-17(24)16-4-2-3-15(13-16)14-20-18(25)22-7-5-21(6-8-22)9-11-26-12-10-23/h2-4,13,23H,5-12,14H2,1H3,(H,19,24)(H,20,25). The van der Waals surface area contributed by atoms with Gasteiger partial charge in [0, 0.05) is 51.9 Å². The molecule has 0 atom stereocenters. The number of piperazine rings is 1. The third-order valence-corrected chi connectivity index (χ3v) is 4.31. The van der Waals surface area contributed by atoms with E-state index < -0.39 is 0 Å². The van der Waals surface area contributed by atoms with E-state index >= 15 is 0 Å². The molecule has 0 spiro atoms. The molecular weight excluding hydrogens is 336 g/mol. The van der Waals surface area contributed by atoms with Crippen LogP contribution in [0, 0.1) is 0 Å². The Bertz CT molecular complexity index is 588. The Labute approximate surface area is 154 Å². The lowest BCUT2D eigenvalue weighted by Crippen LogP contribution is -2.52. The highest BCUT2D eigenvalue weighted by Crippen LogP contribution is 2.06. The molecule has 2 rings (SSSR count). The quantitative estimate of drug-likeness (QED) is 0.559. The fraction of sp³-hybridized carbons (Fsp3) is 0.556. The summed E-state index contributed by atoms with van der Waals surface area (Å²) in [6.07, 6.45) is 0. The summed E-state index contributed by atoms with van der Waals surface area (Å²) in [5, 5.41) is 14.2. The number of hydrogen-bond acceptors (Lipinski definition) is 5. The Morgan fingerprint density at radius 2 is 1.96 bits per heavy atom. The van der Waals surface area contributed by atoms with Gasteiger partial charge in [0.25, 0.3) is 5.91 Å². The van der Waals surface area contributed by atoms with Crippen molar-refractivity contribution in [3.05, 3.63) is 35.4 Å². The van der Waals surface area contributed by atoms with Gasteiger partial charge in [-0.1, -0.05) is 12.1 Å². The van der Waals surface area contributed by atoms with Crippen molar-refractivity contribution >= 4 is 11.9 Å². The SMILES string of the molecule is CNC(=O)c1cccc(CNC(=O)N2CCN(CCOCCO)CC2)c1. The number of rotatable bonds is 8. The van der Waals surface area contributed by atoms with Crippen LogP contribution in [0.5, 0.6) is 0 Å². The lowest BCUT2D eigenvalue weighted by atomic mass is 10.1. The molecule has 0 unspecified atom stereocenters. The van der Waals surface area contributed by atoms with Crippen molar-refractivity contribution in [2.45, 2.75) is 6.54 Å². The Hall–Kier alpha value is -2.16. The molecule has 1 aromatic rings. The topological polar surface area (TPSA) is 94.1 Å². The maximum Gasteiger partial charge on any atom is 0.317 e. The first-order chi connectivity index (χ1) is 12.6. The summed E-state index contributed by atoms with van der Waals surface area (Å²) < 4.78 is 5.27. The van der Waals surface area contributed by atoms with E-state index in [1.54, 1.807) is 24.1 Å². The molecule has 0 aliphatic carbocycles. The van der Waals surface area contributed by atoms with Crippen molar-refractivity contribution in [1.29, 1.82) is 0 Å². The lowest BCUT2D eigenvalue weighted by molar-refractivity contribution is 0.0618. The van der Waals surface area contributed by atoms with Gasteiger partial charge in [-0.15, -0.1) is 0 Å². The largest absolute Gasteiger partial charge is 0.394 e. The van der Waals surface area contributed by atoms with Crippen LogP contribution in [0.25, 0.3) is 0 Å². The molecule has 0 radical (unpaired) electrons. The third-order valence-electron chi connectivity index (χ3n) is 4.31. The summed E-state index contributed by atoms with van der Waals surface area (Å²) in [6, 6.07) is 7.13. The second-order valence-corrected chi connectivity index (χ2v) is 6.10. The average molecular weight is 364 g/mol. The molecule has 8 heteroatoms. The second-order valence-electron chi connectivity index (χ2n) is 6.10. The predicted octanol–water partition coefficient (Wildman–Crippen LogP) is -0.118. The molecule has 144 valence electrons. The van der Waals surface area contributed by atoms with Gasteiger partial charge in [0.2, 0.25) is 0 Å². The van der Waals surface area contributed by atoms with Crippen LogP contribution < -0.4 is 10.6 Å². The summed E-state index contributed by atoms with van der Waals surface area (Å²) in [5.41, 5.74) is 1.47. The smallest absolute Gasteiger partial charge is 0.317 e. The first-order valence-corrected chi connectivity index (χ1v) is 8.89. The third kappa shape index (κ3) is 6.29. The van der Waals surface area contributed by atoms with E-state index in [-0.39, 0.29) is 18.5 Å². The minimum Gasteiger partial charge on any atom is -0.394 e. The highest BCUT2D eigenvalue weighted by molar-refractivity contribution is 5.94. The molecule has 1 fully saturated rings. The predicted molar refractivity (Wildman–Crippen MR) is 98.0 cm³/mol. The number of benzene rings is 1. The zero-order valence-corrected chi connectivity index (χ0v) is 15.2. The fourth-order valence-corrected chi connectivity index (χ4v) is 2.79. The van der Waals surface area contributed by atoms with E-state index in [4.69, 9.17) is 9.84 Å². The molecule has 1 heterocycles. The van der Waals surface area contributed by atoms with Gasteiger partial charge in [-0.3, -0.25) is 9.69 Å². The molecule has 3 amide bonds. The highest BCUT2D eigenvalue weighted by Gasteiger charge is 2.20. The zero-order valence-electron chi connectivity index (χ0n) is 15.2. The summed E-state index contributed by atoms with van der Waals surface area (Å²) >= 11 is 0. The molecule has 0 saturated carbocycles. The Kier molecular flexibility index (Phi) is 8.33. The molecule has 0 aromatic heterocycles. The number of nitrogens with one attached hydrogen (secondary N) is 2. The molecule has 1 aliphatic heterocycles. The van der Waals surface area contributed by atoms with Crippen LogP contribution in [0.15, 0.2) is 24.3 Å². The Balaban J connectivity index is 1.71. The van der Waals surface area contributed by atoms with Crippen LogP contribution in [0.1, 0.15) is 15.9 Å². The number of carbonyl (C=O) groups is 2. The first kappa shape index (κ1) is 20.2. The molecule has 0 bridgehead atoms. The normalized spacial score (nSPS) is 14.9. The Morgan fingerprint density at radius 3 is 2.65 bits per heavy atom. The van der Waals surface area contributed by atoms with Crippen molar-refractivity contribution in [3.63, 3.8) is 0 Å². The number of aliphatic hydroxyl groups excluding tert-OH is 1. The van der Waals surface area contributed by atoms with Crippen molar-refractivity contribution in [3.8, 4) is 0 Å². The van der Waals surface area contributed by atoms with Gasteiger partial charge < -0.3 is 25.4 Å². The van der Waals surface area contributed by atoms with Crippen LogP contribution in [-0.4, -0.2) is 86.4 Å². The van der Waals surface area contributed by atoms with Crippen molar-refractivity contribution < 1.29 is 19.4 Å². The van der Waals surface area contributed by atoms with Gasteiger partial charge in [0.05, 0.1) is 19.8 Å². The maximum atomic E-state index is 12.3. The molecule has 1 saturated heterocycles. The summed E-state index contributed by atoms with van der Waals surface area (Å²) in [5.74, 6) is -0.141. The molecule has 8 nitrogen and oxygen atoms in total. The Morgan fingerprint density at radius 1 is 1.19 bits per heavy atom. The van der Waals surface area contributed by atoms with Crippen LogP contribution in [0.3, 0.4) is 0 Å². The summed E-state index contributed by atoms with van der Waals surface area (Å²) in [6.45, 7) is 5.15. The van der Waals surface area contributed by atoms with Gasteiger partial charge in [0.15, 0.2) is 0 Å². The van der Waals surface area contributed by atoms with Crippen molar-refractivity contribution in [1.82, 2.24) is 20.4 Å². The molecule has 26 heavy (non-hydrogen) atoms. The number of hydrogen-bond donors (Lipinski definition) is 3. The summed E-state index contributed by atoms with van der Waals surface area (Å²) in [7, 11) is 1.59. The minimum atomic E-state index is -0.141. The monoisotopic (exact) mass is 364 g/mol. The molecule has 1 aliphatic rings. The van der Waals surface area contributed by atoms with E-state index in [0.717, 1.165) is 25.2 Å². The minimum absolute atomic E-state index is 0.0416. The van der Waals surface area contributed by atoms with Gasteiger partial charge in [-0.25, -0.2) is 4.79 Å². The summed E-state index contributed by atoms with van der Waals surface area (Å²) in [4.78, 5) is 28.0. The van der Waals surface area contributed by atoms with E-state index in [0.29, 0.717) is 38.4 Å². The molecule has 3 N–H and O–H groups in total. The van der Waals surface area contributed by atoms with Crippen LogP contribution in [0.2, 0.25) is 0 Å². The second kappa shape index (κ2) is 10.7.